The maximum atomic E-state index is 12.1. The third-order valence-electron chi connectivity index (χ3n) is 2.52. The van der Waals surface area contributed by atoms with E-state index in [0.717, 1.165) is 11.3 Å². The number of alkyl halides is 3. The minimum absolute atomic E-state index is 0.161. The van der Waals surface area contributed by atoms with Crippen molar-refractivity contribution in [2.24, 2.45) is 0 Å². The first-order chi connectivity index (χ1) is 9.76. The van der Waals surface area contributed by atoms with Crippen molar-refractivity contribution in [2.75, 3.05) is 6.54 Å². The van der Waals surface area contributed by atoms with E-state index in [1.54, 1.807) is 31.2 Å². The van der Waals surface area contributed by atoms with Gasteiger partial charge < -0.3 is 5.32 Å². The second-order valence-electron chi connectivity index (χ2n) is 4.24. The summed E-state index contributed by atoms with van der Waals surface area (Å²) in [6.07, 6.45) is -4.44. The molecule has 1 N–H and O–H groups in total. The summed E-state index contributed by atoms with van der Waals surface area (Å²) < 4.78 is 36.3. The number of hydrogen-bond acceptors (Lipinski definition) is 3. The molecule has 0 saturated carbocycles. The molecule has 2 aromatic rings. The van der Waals surface area contributed by atoms with Gasteiger partial charge in [0.15, 0.2) is 0 Å². The molecule has 1 heterocycles. The lowest BCUT2D eigenvalue weighted by Gasteiger charge is -2.07. The smallest absolute Gasteiger partial charge is 0.342 e. The van der Waals surface area contributed by atoms with Gasteiger partial charge in [-0.15, -0.1) is 11.3 Å². The second kappa shape index (κ2) is 6.03. The molecule has 0 unspecified atom stereocenters. The Balaban J connectivity index is 2.21. The maximum absolute atomic E-state index is 12.1. The number of carbonyl (C=O) groups is 1. The zero-order valence-electron chi connectivity index (χ0n) is 10.8. The van der Waals surface area contributed by atoms with Gasteiger partial charge in [-0.1, -0.05) is 23.7 Å². The number of hydrogen-bond donors (Lipinski definition) is 1. The number of amides is 1. The molecule has 21 heavy (non-hydrogen) atoms. The fourth-order valence-electron chi connectivity index (χ4n) is 1.61. The molecule has 0 fully saturated rings. The average Bonchev–Trinajstić information content (AvgIpc) is 2.77. The van der Waals surface area contributed by atoms with Crippen molar-refractivity contribution in [2.45, 2.75) is 13.1 Å². The molecule has 0 saturated heterocycles. The molecule has 0 atom stereocenters. The lowest BCUT2D eigenvalue weighted by molar-refractivity contribution is -0.123. The van der Waals surface area contributed by atoms with E-state index in [0.29, 0.717) is 21.3 Å². The highest BCUT2D eigenvalue weighted by molar-refractivity contribution is 7.17. The van der Waals surface area contributed by atoms with E-state index in [-0.39, 0.29) is 4.88 Å². The summed E-state index contributed by atoms with van der Waals surface area (Å²) in [5.74, 6) is -0.782. The predicted molar refractivity (Wildman–Crippen MR) is 75.7 cm³/mol. The summed E-state index contributed by atoms with van der Waals surface area (Å²) in [5.41, 5.74) is 1.10. The quantitative estimate of drug-likeness (QED) is 0.919. The highest BCUT2D eigenvalue weighted by Crippen LogP contribution is 2.29. The average molecular weight is 335 g/mol. The highest BCUT2D eigenvalue weighted by atomic mass is 35.5. The Morgan fingerprint density at radius 2 is 2.14 bits per heavy atom. The predicted octanol–water partition coefficient (Wildman–Crippen LogP) is 4.06. The number of carbonyl (C=O) groups excluding carboxylic acids is 1. The highest BCUT2D eigenvalue weighted by Gasteiger charge is 2.28. The Morgan fingerprint density at radius 1 is 1.43 bits per heavy atom. The Labute approximate surface area is 127 Å². The topological polar surface area (TPSA) is 42.0 Å². The number of aryl methyl sites for hydroxylation is 1. The van der Waals surface area contributed by atoms with Crippen LogP contribution < -0.4 is 5.32 Å². The molecule has 112 valence electrons. The molecule has 3 nitrogen and oxygen atoms in total. The molecule has 0 aliphatic carbocycles. The lowest BCUT2D eigenvalue weighted by atomic mass is 10.2. The SMILES string of the molecule is Cc1nc(-c2cccc(Cl)c2)sc1C(=O)NCC(F)(F)F. The van der Waals surface area contributed by atoms with Gasteiger partial charge in [0.05, 0.1) is 5.69 Å². The number of aromatic nitrogens is 1. The molecule has 0 aliphatic heterocycles. The van der Waals surface area contributed by atoms with Gasteiger partial charge in [0.1, 0.15) is 16.4 Å². The summed E-state index contributed by atoms with van der Waals surface area (Å²) in [7, 11) is 0. The van der Waals surface area contributed by atoms with Crippen LogP contribution in [0.4, 0.5) is 13.2 Å². The van der Waals surface area contributed by atoms with Crippen molar-refractivity contribution in [3.05, 3.63) is 39.9 Å². The molecular formula is C13H10ClF3N2OS. The van der Waals surface area contributed by atoms with Gasteiger partial charge in [-0.2, -0.15) is 13.2 Å². The van der Waals surface area contributed by atoms with Crippen molar-refractivity contribution in [3.63, 3.8) is 0 Å². The van der Waals surface area contributed by atoms with Crippen LogP contribution in [0.2, 0.25) is 5.02 Å². The third kappa shape index (κ3) is 4.18. The summed E-state index contributed by atoms with van der Waals surface area (Å²) in [4.78, 5) is 16.1. The first-order valence-corrected chi connectivity index (χ1v) is 7.04. The number of rotatable bonds is 3. The molecular weight excluding hydrogens is 325 g/mol. The van der Waals surface area contributed by atoms with E-state index in [4.69, 9.17) is 11.6 Å². The van der Waals surface area contributed by atoms with Crippen LogP contribution in [-0.4, -0.2) is 23.6 Å². The van der Waals surface area contributed by atoms with E-state index >= 15 is 0 Å². The van der Waals surface area contributed by atoms with E-state index in [1.165, 1.54) is 0 Å². The minimum atomic E-state index is -4.44. The normalized spacial score (nSPS) is 11.5. The monoisotopic (exact) mass is 334 g/mol. The van der Waals surface area contributed by atoms with Crippen LogP contribution in [0.1, 0.15) is 15.4 Å². The summed E-state index contributed by atoms with van der Waals surface area (Å²) in [6, 6.07) is 6.87. The lowest BCUT2D eigenvalue weighted by Crippen LogP contribution is -2.33. The number of thiazole rings is 1. The van der Waals surface area contributed by atoms with E-state index < -0.39 is 18.6 Å². The van der Waals surface area contributed by atoms with Crippen molar-refractivity contribution < 1.29 is 18.0 Å². The van der Waals surface area contributed by atoms with Crippen molar-refractivity contribution >= 4 is 28.8 Å². The minimum Gasteiger partial charge on any atom is -0.342 e. The molecule has 0 radical (unpaired) electrons. The molecule has 1 aromatic heterocycles. The first-order valence-electron chi connectivity index (χ1n) is 5.84. The number of halogens is 4. The van der Waals surface area contributed by atoms with Gasteiger partial charge in [-0.05, 0) is 19.1 Å². The third-order valence-corrected chi connectivity index (χ3v) is 3.96. The number of nitrogens with zero attached hydrogens (tertiary/aromatic N) is 1. The molecule has 2 rings (SSSR count). The van der Waals surface area contributed by atoms with Gasteiger partial charge in [0, 0.05) is 10.6 Å². The van der Waals surface area contributed by atoms with Crippen molar-refractivity contribution in [1.29, 1.82) is 0 Å². The Kier molecular flexibility index (Phi) is 4.53. The second-order valence-corrected chi connectivity index (χ2v) is 5.68. The fourth-order valence-corrected chi connectivity index (χ4v) is 2.78. The molecule has 0 aliphatic rings. The standard InChI is InChI=1S/C13H10ClF3N2OS/c1-7-10(11(20)18-6-13(15,16)17)21-12(19-7)8-3-2-4-9(14)5-8/h2-5H,6H2,1H3,(H,18,20). The van der Waals surface area contributed by atoms with Gasteiger partial charge in [-0.25, -0.2) is 4.98 Å². The summed E-state index contributed by atoms with van der Waals surface area (Å²) in [6.45, 7) is 0.211. The van der Waals surface area contributed by atoms with E-state index in [1.807, 2.05) is 5.32 Å². The van der Waals surface area contributed by atoms with Crippen LogP contribution in [0.25, 0.3) is 10.6 Å². The zero-order chi connectivity index (χ0) is 15.6. The van der Waals surface area contributed by atoms with E-state index in [2.05, 4.69) is 4.98 Å². The van der Waals surface area contributed by atoms with Crippen LogP contribution >= 0.6 is 22.9 Å². The Bertz CT molecular complexity index is 670. The molecule has 8 heteroatoms. The largest absolute Gasteiger partial charge is 0.405 e. The number of nitrogens with one attached hydrogen (secondary N) is 1. The van der Waals surface area contributed by atoms with Crippen LogP contribution in [-0.2, 0) is 0 Å². The molecule has 1 amide bonds. The summed E-state index contributed by atoms with van der Waals surface area (Å²) in [5, 5.41) is 2.89. The Morgan fingerprint density at radius 3 is 2.76 bits per heavy atom. The Hall–Kier alpha value is -1.60. The molecule has 0 spiro atoms. The summed E-state index contributed by atoms with van der Waals surface area (Å²) >= 11 is 6.91. The number of benzene rings is 1. The van der Waals surface area contributed by atoms with Gasteiger partial charge >= 0.3 is 6.18 Å². The van der Waals surface area contributed by atoms with Gasteiger partial charge in [-0.3, -0.25) is 4.79 Å². The van der Waals surface area contributed by atoms with Crippen molar-refractivity contribution in [3.8, 4) is 10.6 Å². The maximum Gasteiger partial charge on any atom is 0.405 e. The molecule has 1 aromatic carbocycles. The van der Waals surface area contributed by atoms with E-state index in [9.17, 15) is 18.0 Å². The zero-order valence-corrected chi connectivity index (χ0v) is 12.4. The van der Waals surface area contributed by atoms with Crippen LogP contribution in [0.5, 0.6) is 0 Å². The first kappa shape index (κ1) is 15.8. The molecule has 0 bridgehead atoms. The van der Waals surface area contributed by atoms with Gasteiger partial charge in [0.2, 0.25) is 0 Å². The fraction of sp³-hybridized carbons (Fsp3) is 0.231. The van der Waals surface area contributed by atoms with Crippen molar-refractivity contribution in [1.82, 2.24) is 10.3 Å². The van der Waals surface area contributed by atoms with Crippen LogP contribution in [0.15, 0.2) is 24.3 Å². The van der Waals surface area contributed by atoms with Crippen LogP contribution in [0, 0.1) is 6.92 Å². The van der Waals surface area contributed by atoms with Crippen LogP contribution in [0.3, 0.4) is 0 Å². The van der Waals surface area contributed by atoms with Gasteiger partial charge in [0.25, 0.3) is 5.91 Å².